The maximum absolute atomic E-state index is 9.34. The van der Waals surface area contributed by atoms with Gasteiger partial charge in [-0.1, -0.05) is 11.6 Å². The average Bonchev–Trinajstić information content (AvgIpc) is 2.51. The molecule has 0 bridgehead atoms. The number of hydrogen-bond donors (Lipinski definition) is 0. The lowest BCUT2D eigenvalue weighted by molar-refractivity contribution is 0.680. The highest BCUT2D eigenvalue weighted by Crippen LogP contribution is 2.25. The highest BCUT2D eigenvalue weighted by Gasteiger charge is 2.13. The topological polar surface area (TPSA) is 63.7 Å². The van der Waals surface area contributed by atoms with Crippen LogP contribution in [0.5, 0.6) is 0 Å². The van der Waals surface area contributed by atoms with Gasteiger partial charge in [-0.25, -0.2) is 4.98 Å². The summed E-state index contributed by atoms with van der Waals surface area (Å²) in [6, 6.07) is 11.5. The number of halogens is 1. The molecule has 1 aromatic carbocycles. The Labute approximate surface area is 129 Å². The van der Waals surface area contributed by atoms with Gasteiger partial charge in [0.05, 0.1) is 29.1 Å². The molecule has 0 aliphatic carbocycles. The van der Waals surface area contributed by atoms with E-state index in [1.165, 1.54) is 0 Å². The van der Waals surface area contributed by atoms with Crippen molar-refractivity contribution in [1.29, 1.82) is 10.5 Å². The number of rotatable bonds is 4. The van der Waals surface area contributed by atoms with Gasteiger partial charge in [0, 0.05) is 23.5 Å². The molecule has 0 fully saturated rings. The molecule has 0 aliphatic rings. The summed E-state index contributed by atoms with van der Waals surface area (Å²) in [7, 11) is 0. The molecule has 2 aromatic rings. The summed E-state index contributed by atoms with van der Waals surface area (Å²) >= 11 is 5.98. The van der Waals surface area contributed by atoms with Gasteiger partial charge in [0.2, 0.25) is 0 Å². The molecule has 1 aromatic heterocycles. The molecular formula is C16H15ClN4. The highest BCUT2D eigenvalue weighted by atomic mass is 35.5. The fraction of sp³-hybridized carbons (Fsp3) is 0.312. The van der Waals surface area contributed by atoms with Crippen molar-refractivity contribution in [3.8, 4) is 12.1 Å². The van der Waals surface area contributed by atoms with E-state index in [0.717, 1.165) is 17.4 Å². The first kappa shape index (κ1) is 15.1. The molecule has 5 heteroatoms. The number of nitriles is 2. The monoisotopic (exact) mass is 298 g/mol. The zero-order valence-corrected chi connectivity index (χ0v) is 12.7. The molecule has 0 amide bonds. The molecule has 4 nitrogen and oxygen atoms in total. The van der Waals surface area contributed by atoms with Gasteiger partial charge >= 0.3 is 0 Å². The van der Waals surface area contributed by atoms with Gasteiger partial charge in [0.25, 0.3) is 0 Å². The molecule has 1 unspecified atom stereocenters. The number of fused-ring (bicyclic) bond motifs is 1. The molecule has 0 aliphatic heterocycles. The van der Waals surface area contributed by atoms with Crippen LogP contribution < -0.4 is 4.90 Å². The van der Waals surface area contributed by atoms with Crippen molar-refractivity contribution >= 4 is 28.3 Å². The lowest BCUT2D eigenvalue weighted by Gasteiger charge is -2.23. The van der Waals surface area contributed by atoms with Gasteiger partial charge in [0.1, 0.15) is 5.82 Å². The van der Waals surface area contributed by atoms with Crippen molar-refractivity contribution in [1.82, 2.24) is 4.98 Å². The van der Waals surface area contributed by atoms with Gasteiger partial charge in [-0.05, 0) is 38.1 Å². The van der Waals surface area contributed by atoms with Crippen LogP contribution in [0.3, 0.4) is 0 Å². The van der Waals surface area contributed by atoms with Gasteiger partial charge in [-0.2, -0.15) is 10.5 Å². The van der Waals surface area contributed by atoms with E-state index in [2.05, 4.69) is 17.1 Å². The van der Waals surface area contributed by atoms with E-state index in [-0.39, 0.29) is 5.92 Å². The van der Waals surface area contributed by atoms with E-state index in [4.69, 9.17) is 16.9 Å². The summed E-state index contributed by atoms with van der Waals surface area (Å²) < 4.78 is 0. The highest BCUT2D eigenvalue weighted by molar-refractivity contribution is 6.31. The largest absolute Gasteiger partial charge is 0.356 e. The van der Waals surface area contributed by atoms with Crippen molar-refractivity contribution in [2.45, 2.75) is 13.8 Å². The van der Waals surface area contributed by atoms with Crippen LogP contribution in [0.2, 0.25) is 5.02 Å². The van der Waals surface area contributed by atoms with Crippen LogP contribution >= 0.6 is 11.6 Å². The summed E-state index contributed by atoms with van der Waals surface area (Å²) in [5.74, 6) is 0.615. The van der Waals surface area contributed by atoms with Crippen LogP contribution in [0, 0.1) is 28.6 Å². The van der Waals surface area contributed by atoms with Crippen LogP contribution in [0.1, 0.15) is 19.4 Å². The predicted octanol–water partition coefficient (Wildman–Crippen LogP) is 3.75. The molecule has 0 saturated heterocycles. The van der Waals surface area contributed by atoms with Crippen LogP contribution in [-0.4, -0.2) is 18.1 Å². The molecule has 0 spiro atoms. The Hall–Kier alpha value is -2.30. The van der Waals surface area contributed by atoms with E-state index >= 15 is 0 Å². The lowest BCUT2D eigenvalue weighted by Crippen LogP contribution is -2.28. The second-order valence-corrected chi connectivity index (χ2v) is 5.31. The number of aromatic nitrogens is 1. The third-order valence-electron chi connectivity index (χ3n) is 3.30. The molecule has 2 rings (SSSR count). The Morgan fingerprint density at radius 3 is 2.71 bits per heavy atom. The first-order valence-corrected chi connectivity index (χ1v) is 7.11. The van der Waals surface area contributed by atoms with Gasteiger partial charge in [0.15, 0.2) is 0 Å². The molecule has 0 radical (unpaired) electrons. The number of anilines is 1. The Morgan fingerprint density at radius 1 is 1.33 bits per heavy atom. The van der Waals surface area contributed by atoms with E-state index in [1.54, 1.807) is 18.2 Å². The van der Waals surface area contributed by atoms with Gasteiger partial charge in [-0.3, -0.25) is 0 Å². The lowest BCUT2D eigenvalue weighted by atomic mass is 10.1. The Kier molecular flexibility index (Phi) is 4.62. The van der Waals surface area contributed by atoms with Crippen molar-refractivity contribution in [2.75, 3.05) is 18.0 Å². The van der Waals surface area contributed by atoms with Crippen molar-refractivity contribution in [3.05, 3.63) is 34.9 Å². The quantitative estimate of drug-likeness (QED) is 0.862. The Balaban J connectivity index is 2.52. The molecule has 0 N–H and O–H groups in total. The van der Waals surface area contributed by atoms with E-state index in [0.29, 0.717) is 22.9 Å². The minimum absolute atomic E-state index is 0.0989. The van der Waals surface area contributed by atoms with E-state index in [1.807, 2.05) is 24.8 Å². The number of hydrogen-bond acceptors (Lipinski definition) is 4. The fourth-order valence-corrected chi connectivity index (χ4v) is 2.37. The summed E-state index contributed by atoms with van der Waals surface area (Å²) in [6.07, 6.45) is 0. The second kappa shape index (κ2) is 6.43. The van der Waals surface area contributed by atoms with Crippen molar-refractivity contribution < 1.29 is 0 Å². The van der Waals surface area contributed by atoms with E-state index in [9.17, 15) is 5.26 Å². The van der Waals surface area contributed by atoms with Crippen molar-refractivity contribution in [2.24, 2.45) is 5.92 Å². The van der Waals surface area contributed by atoms with Gasteiger partial charge < -0.3 is 4.90 Å². The number of benzene rings is 1. The maximum Gasteiger partial charge on any atom is 0.130 e. The SMILES string of the molecule is CCN(CC(C)C#N)c1cc(C#N)c2cc(Cl)ccc2n1. The summed E-state index contributed by atoms with van der Waals surface area (Å²) in [4.78, 5) is 6.59. The molecular weight excluding hydrogens is 284 g/mol. The Morgan fingerprint density at radius 2 is 2.10 bits per heavy atom. The molecule has 1 heterocycles. The standard InChI is InChI=1S/C16H15ClN4/c1-3-21(10-11(2)8-18)16-6-12(9-19)14-7-13(17)4-5-15(14)20-16/h4-7,11H,3,10H2,1-2H3. The third kappa shape index (κ3) is 3.24. The molecule has 1 atom stereocenters. The molecule has 21 heavy (non-hydrogen) atoms. The predicted molar refractivity (Wildman–Crippen MR) is 84.1 cm³/mol. The first-order valence-electron chi connectivity index (χ1n) is 6.74. The normalized spacial score (nSPS) is 11.7. The third-order valence-corrected chi connectivity index (χ3v) is 3.53. The minimum Gasteiger partial charge on any atom is -0.356 e. The summed E-state index contributed by atoms with van der Waals surface area (Å²) in [5.41, 5.74) is 1.28. The van der Waals surface area contributed by atoms with Crippen LogP contribution in [-0.2, 0) is 0 Å². The van der Waals surface area contributed by atoms with Gasteiger partial charge in [-0.15, -0.1) is 0 Å². The molecule has 106 valence electrons. The fourth-order valence-electron chi connectivity index (χ4n) is 2.19. The van der Waals surface area contributed by atoms with E-state index < -0.39 is 0 Å². The first-order chi connectivity index (χ1) is 10.1. The molecule has 0 saturated carbocycles. The zero-order chi connectivity index (χ0) is 15.4. The number of nitrogens with zero attached hydrogens (tertiary/aromatic N) is 4. The Bertz CT molecular complexity index is 742. The number of pyridine rings is 1. The minimum atomic E-state index is -0.0989. The van der Waals surface area contributed by atoms with Crippen molar-refractivity contribution in [3.63, 3.8) is 0 Å². The second-order valence-electron chi connectivity index (χ2n) is 4.87. The van der Waals surface area contributed by atoms with Crippen LogP contribution in [0.15, 0.2) is 24.3 Å². The van der Waals surface area contributed by atoms with Crippen LogP contribution in [0.4, 0.5) is 5.82 Å². The maximum atomic E-state index is 9.34. The van der Waals surface area contributed by atoms with Crippen LogP contribution in [0.25, 0.3) is 10.9 Å². The summed E-state index contributed by atoms with van der Waals surface area (Å²) in [5, 5.41) is 19.6. The summed E-state index contributed by atoms with van der Waals surface area (Å²) in [6.45, 7) is 5.19. The average molecular weight is 299 g/mol. The smallest absolute Gasteiger partial charge is 0.130 e. The zero-order valence-electron chi connectivity index (χ0n) is 12.0.